The van der Waals surface area contributed by atoms with Crippen LogP contribution in [0.25, 0.3) is 0 Å². The second kappa shape index (κ2) is 51.7. The van der Waals surface area contributed by atoms with Crippen molar-refractivity contribution in [3.8, 4) is 0 Å². The summed E-state index contributed by atoms with van der Waals surface area (Å²) in [5.74, 6) is -0.976. The van der Waals surface area contributed by atoms with Gasteiger partial charge >= 0.3 is 17.9 Å². The molecule has 0 radical (unpaired) electrons. The van der Waals surface area contributed by atoms with E-state index in [1.807, 2.05) is 0 Å². The molecule has 0 aromatic heterocycles. The van der Waals surface area contributed by atoms with E-state index in [0.717, 1.165) is 148 Å². The molecule has 0 rings (SSSR count). The molecule has 6 nitrogen and oxygen atoms in total. The molecule has 6 heteroatoms. The van der Waals surface area contributed by atoms with Gasteiger partial charge in [0.25, 0.3) is 0 Å². The van der Waals surface area contributed by atoms with Crippen LogP contribution in [0.5, 0.6) is 0 Å². The van der Waals surface area contributed by atoms with E-state index in [0.29, 0.717) is 12.8 Å². The van der Waals surface area contributed by atoms with E-state index in [-0.39, 0.29) is 37.5 Å². The minimum absolute atomic E-state index is 0.107. The maximum absolute atomic E-state index is 12.8. The highest BCUT2D eigenvalue weighted by molar-refractivity contribution is 5.71. The first kappa shape index (κ1) is 60.1. The maximum Gasteiger partial charge on any atom is 0.306 e. The average Bonchev–Trinajstić information content (AvgIpc) is 3.29. The zero-order valence-corrected chi connectivity index (χ0v) is 41.3. The molecule has 0 aliphatic rings. The van der Waals surface area contributed by atoms with E-state index < -0.39 is 6.10 Å². The summed E-state index contributed by atoms with van der Waals surface area (Å²) in [6.07, 6.45) is 69.3. The predicted octanol–water partition coefficient (Wildman–Crippen LogP) is 17.1. The summed E-state index contributed by atoms with van der Waals surface area (Å²) in [6, 6.07) is 0. The third-order valence-corrected chi connectivity index (χ3v) is 10.6. The van der Waals surface area contributed by atoms with Gasteiger partial charge in [0.1, 0.15) is 13.2 Å². The van der Waals surface area contributed by atoms with Crippen LogP contribution in [0.15, 0.2) is 109 Å². The van der Waals surface area contributed by atoms with Gasteiger partial charge in [-0.05, 0) is 109 Å². The van der Waals surface area contributed by atoms with Gasteiger partial charge in [0.05, 0.1) is 0 Å². The van der Waals surface area contributed by atoms with Crippen molar-refractivity contribution in [2.45, 2.75) is 226 Å². The molecule has 0 aromatic carbocycles. The lowest BCUT2D eigenvalue weighted by atomic mass is 10.1. The minimum Gasteiger partial charge on any atom is -0.462 e. The Morgan fingerprint density at radius 2 is 0.672 bits per heavy atom. The first-order valence-electron chi connectivity index (χ1n) is 25.9. The van der Waals surface area contributed by atoms with Crippen LogP contribution >= 0.6 is 0 Å². The number of hydrogen-bond donors (Lipinski definition) is 0. The molecule has 0 aliphatic carbocycles. The SMILES string of the molecule is CC/C=C\C/C=C\C/C=C\CCCCCCC(=O)OCC(COC(=O)CCCCCCC\C=C/C=C\C=C/CCCCCCC)OC(=O)CCCCCC/C=C\C/C=C\C/C=C\CC. The highest BCUT2D eigenvalue weighted by atomic mass is 16.6. The second-order valence-corrected chi connectivity index (χ2v) is 16.7. The van der Waals surface area contributed by atoms with E-state index in [4.69, 9.17) is 14.2 Å². The molecular formula is C58H94O6. The second-order valence-electron chi connectivity index (χ2n) is 16.7. The molecule has 0 heterocycles. The summed E-state index contributed by atoms with van der Waals surface area (Å²) >= 11 is 0. The Morgan fingerprint density at radius 1 is 0.344 bits per heavy atom. The zero-order valence-electron chi connectivity index (χ0n) is 41.3. The standard InChI is InChI=1S/C58H94O6/c1-4-7-10-13-16-19-22-25-28-29-30-31-34-36-39-42-45-48-51-57(60)63-54-55(64-58(61)52-49-46-43-40-37-33-27-24-21-18-15-12-9-6-3)53-62-56(59)50-47-44-41-38-35-32-26-23-20-17-14-11-8-5-2/h8-9,11-12,17-18,20-22,25-33,55H,4-7,10,13-16,19,23-24,34-54H2,1-3H3/b11-8-,12-9-,20-17-,21-18-,25-22-,29-28-,31-30-,32-26-,33-27-. The molecule has 0 bridgehead atoms. The first-order valence-corrected chi connectivity index (χ1v) is 25.9. The quantitative estimate of drug-likeness (QED) is 0.0199. The summed E-state index contributed by atoms with van der Waals surface area (Å²) in [5, 5.41) is 0. The summed E-state index contributed by atoms with van der Waals surface area (Å²) in [7, 11) is 0. The van der Waals surface area contributed by atoms with Gasteiger partial charge < -0.3 is 14.2 Å². The van der Waals surface area contributed by atoms with Gasteiger partial charge in [-0.3, -0.25) is 14.4 Å². The lowest BCUT2D eigenvalue weighted by molar-refractivity contribution is -0.167. The Hall–Kier alpha value is -3.93. The topological polar surface area (TPSA) is 78.9 Å². The molecule has 0 aliphatic heterocycles. The van der Waals surface area contributed by atoms with Crippen molar-refractivity contribution in [2.75, 3.05) is 13.2 Å². The highest BCUT2D eigenvalue weighted by Crippen LogP contribution is 2.13. The van der Waals surface area contributed by atoms with Crippen molar-refractivity contribution in [3.63, 3.8) is 0 Å². The number of rotatable bonds is 45. The molecule has 0 aromatic rings. The molecule has 0 N–H and O–H groups in total. The monoisotopic (exact) mass is 887 g/mol. The molecule has 0 saturated heterocycles. The van der Waals surface area contributed by atoms with Gasteiger partial charge in [-0.15, -0.1) is 0 Å². The summed E-state index contributed by atoms with van der Waals surface area (Å²) < 4.78 is 16.7. The van der Waals surface area contributed by atoms with Gasteiger partial charge in [-0.1, -0.05) is 201 Å². The molecule has 0 saturated carbocycles. The van der Waals surface area contributed by atoms with E-state index in [9.17, 15) is 14.4 Å². The van der Waals surface area contributed by atoms with Crippen LogP contribution in [0.1, 0.15) is 220 Å². The molecule has 1 atom stereocenters. The van der Waals surface area contributed by atoms with Gasteiger partial charge in [-0.25, -0.2) is 0 Å². The third-order valence-electron chi connectivity index (χ3n) is 10.6. The highest BCUT2D eigenvalue weighted by Gasteiger charge is 2.19. The van der Waals surface area contributed by atoms with E-state index in [2.05, 4.69) is 130 Å². The number of carbonyl (C=O) groups excluding carboxylic acids is 3. The van der Waals surface area contributed by atoms with E-state index in [1.165, 1.54) is 32.1 Å². The number of hydrogen-bond acceptors (Lipinski definition) is 6. The zero-order chi connectivity index (χ0) is 46.5. The van der Waals surface area contributed by atoms with Crippen LogP contribution in [-0.4, -0.2) is 37.2 Å². The van der Waals surface area contributed by atoms with Crippen LogP contribution in [-0.2, 0) is 28.6 Å². The summed E-state index contributed by atoms with van der Waals surface area (Å²) in [5.41, 5.74) is 0. The smallest absolute Gasteiger partial charge is 0.306 e. The number of esters is 3. The number of allylic oxidation sites excluding steroid dienone is 18. The van der Waals surface area contributed by atoms with Crippen molar-refractivity contribution in [3.05, 3.63) is 109 Å². The Labute approximate surface area is 393 Å². The minimum atomic E-state index is -0.809. The van der Waals surface area contributed by atoms with Gasteiger partial charge in [-0.2, -0.15) is 0 Å². The van der Waals surface area contributed by atoms with Crippen LogP contribution in [0, 0.1) is 0 Å². The van der Waals surface area contributed by atoms with Gasteiger partial charge in [0, 0.05) is 19.3 Å². The third kappa shape index (κ3) is 49.1. The molecular weight excluding hydrogens is 793 g/mol. The summed E-state index contributed by atoms with van der Waals surface area (Å²) in [6.45, 7) is 6.32. The van der Waals surface area contributed by atoms with Crippen molar-refractivity contribution in [1.29, 1.82) is 0 Å². The normalized spacial score (nSPS) is 13.0. The van der Waals surface area contributed by atoms with Gasteiger partial charge in [0.15, 0.2) is 6.10 Å². The number of carbonyl (C=O) groups is 3. The lowest BCUT2D eigenvalue weighted by Gasteiger charge is -2.18. The number of ether oxygens (including phenoxy) is 3. The van der Waals surface area contributed by atoms with Crippen molar-refractivity contribution in [1.82, 2.24) is 0 Å². The largest absolute Gasteiger partial charge is 0.462 e. The Kier molecular flexibility index (Phi) is 48.5. The van der Waals surface area contributed by atoms with Crippen LogP contribution in [0.3, 0.4) is 0 Å². The fourth-order valence-electron chi connectivity index (χ4n) is 6.71. The van der Waals surface area contributed by atoms with Crippen molar-refractivity contribution < 1.29 is 28.6 Å². The lowest BCUT2D eigenvalue weighted by Crippen LogP contribution is -2.30. The fraction of sp³-hybridized carbons (Fsp3) is 0.638. The Morgan fingerprint density at radius 3 is 1.08 bits per heavy atom. The van der Waals surface area contributed by atoms with E-state index >= 15 is 0 Å². The molecule has 0 spiro atoms. The Bertz CT molecular complexity index is 1340. The van der Waals surface area contributed by atoms with Crippen LogP contribution in [0.4, 0.5) is 0 Å². The van der Waals surface area contributed by atoms with Crippen LogP contribution < -0.4 is 0 Å². The first-order chi connectivity index (χ1) is 31.5. The molecule has 64 heavy (non-hydrogen) atoms. The fourth-order valence-corrected chi connectivity index (χ4v) is 6.71. The Balaban J connectivity index is 4.50. The maximum atomic E-state index is 12.8. The van der Waals surface area contributed by atoms with Crippen LogP contribution in [0.2, 0.25) is 0 Å². The molecule has 362 valence electrons. The van der Waals surface area contributed by atoms with Crippen molar-refractivity contribution >= 4 is 17.9 Å². The molecule has 0 amide bonds. The summed E-state index contributed by atoms with van der Waals surface area (Å²) in [4.78, 5) is 38.0. The number of unbranched alkanes of at least 4 members (excludes halogenated alkanes) is 18. The molecule has 1 unspecified atom stereocenters. The van der Waals surface area contributed by atoms with E-state index in [1.54, 1.807) is 0 Å². The van der Waals surface area contributed by atoms with Gasteiger partial charge in [0.2, 0.25) is 0 Å². The molecule has 0 fully saturated rings. The van der Waals surface area contributed by atoms with Crippen molar-refractivity contribution in [2.24, 2.45) is 0 Å². The average molecular weight is 887 g/mol. The predicted molar refractivity (Wildman–Crippen MR) is 274 cm³/mol.